The fraction of sp³-hybridized carbons (Fsp3) is 0.250. The summed E-state index contributed by atoms with van der Waals surface area (Å²) in [5, 5.41) is 4.04. The van der Waals surface area contributed by atoms with Gasteiger partial charge >= 0.3 is 0 Å². The number of carbonyl (C=O) groups excluding carboxylic acids is 2. The molecule has 0 bridgehead atoms. The minimum Gasteiger partial charge on any atom is -0.493 e. The van der Waals surface area contributed by atoms with E-state index in [2.05, 4.69) is 26.5 Å². The third-order valence-corrected chi connectivity index (χ3v) is 6.39. The number of rotatable bonds is 8. The average molecular weight is 550 g/mol. The SMILES string of the molecule is COc1cc(/C=N\NC(=O)c2cccc(Br)c2)ccc1OCc1ccc(C(=O)N2CCCCC2)cc1. The Morgan fingerprint density at radius 3 is 2.47 bits per heavy atom. The number of hydrazone groups is 1. The van der Waals surface area contributed by atoms with E-state index < -0.39 is 0 Å². The second-order valence-corrected chi connectivity index (χ2v) is 9.37. The van der Waals surface area contributed by atoms with Crippen LogP contribution in [0.1, 0.15) is 51.1 Å². The maximum Gasteiger partial charge on any atom is 0.271 e. The second kappa shape index (κ2) is 12.4. The summed E-state index contributed by atoms with van der Waals surface area (Å²) in [6.45, 7) is 2.01. The molecular formula is C28H28BrN3O4. The van der Waals surface area contributed by atoms with Gasteiger partial charge in [-0.15, -0.1) is 0 Å². The first kappa shape index (κ1) is 25.4. The van der Waals surface area contributed by atoms with Gasteiger partial charge in [-0.05, 0) is 78.9 Å². The first-order chi connectivity index (χ1) is 17.5. The number of nitrogens with zero attached hydrogens (tertiary/aromatic N) is 2. The molecular weight excluding hydrogens is 522 g/mol. The number of halogens is 1. The number of amides is 2. The van der Waals surface area contributed by atoms with Crippen molar-refractivity contribution >= 4 is 34.0 Å². The van der Waals surface area contributed by atoms with Crippen molar-refractivity contribution in [1.29, 1.82) is 0 Å². The molecule has 2 amide bonds. The maximum absolute atomic E-state index is 12.6. The minimum absolute atomic E-state index is 0.0916. The zero-order chi connectivity index (χ0) is 25.3. The standard InChI is InChI=1S/C28H28BrN3O4/c1-35-26-16-21(18-30-31-27(33)23-6-5-7-24(29)17-23)10-13-25(26)36-19-20-8-11-22(12-9-20)28(34)32-14-3-2-4-15-32/h5-13,16-18H,2-4,14-15,19H2,1H3,(H,31,33)/b30-18-. The highest BCUT2D eigenvalue weighted by Gasteiger charge is 2.18. The molecule has 4 rings (SSSR count). The molecule has 1 fully saturated rings. The van der Waals surface area contributed by atoms with Crippen LogP contribution in [0, 0.1) is 0 Å². The summed E-state index contributed by atoms with van der Waals surface area (Å²) >= 11 is 3.35. The molecule has 186 valence electrons. The molecule has 1 saturated heterocycles. The number of hydrogen-bond donors (Lipinski definition) is 1. The van der Waals surface area contributed by atoms with E-state index in [9.17, 15) is 9.59 Å². The predicted molar refractivity (Wildman–Crippen MR) is 143 cm³/mol. The van der Waals surface area contributed by atoms with Gasteiger partial charge in [-0.25, -0.2) is 5.43 Å². The number of nitrogens with one attached hydrogen (secondary N) is 1. The van der Waals surface area contributed by atoms with Gasteiger partial charge in [0.2, 0.25) is 0 Å². The molecule has 0 unspecified atom stereocenters. The molecule has 0 radical (unpaired) electrons. The van der Waals surface area contributed by atoms with Crippen molar-refractivity contribution in [2.75, 3.05) is 20.2 Å². The molecule has 0 aromatic heterocycles. The number of ether oxygens (including phenoxy) is 2. The molecule has 3 aromatic carbocycles. The molecule has 1 aliphatic rings. The van der Waals surface area contributed by atoms with E-state index in [4.69, 9.17) is 9.47 Å². The van der Waals surface area contributed by atoms with Gasteiger partial charge in [-0.2, -0.15) is 5.10 Å². The lowest BCUT2D eigenvalue weighted by atomic mass is 10.1. The summed E-state index contributed by atoms with van der Waals surface area (Å²) in [6.07, 6.45) is 4.88. The summed E-state index contributed by atoms with van der Waals surface area (Å²) in [6, 6.07) is 20.0. The Labute approximate surface area is 219 Å². The van der Waals surface area contributed by atoms with E-state index in [0.29, 0.717) is 29.2 Å². The van der Waals surface area contributed by atoms with Gasteiger partial charge in [0.15, 0.2) is 11.5 Å². The molecule has 0 spiro atoms. The van der Waals surface area contributed by atoms with E-state index in [1.54, 1.807) is 43.7 Å². The van der Waals surface area contributed by atoms with Crippen LogP contribution >= 0.6 is 15.9 Å². The molecule has 3 aromatic rings. The molecule has 1 aliphatic heterocycles. The van der Waals surface area contributed by atoms with Crippen molar-refractivity contribution in [2.24, 2.45) is 5.10 Å². The maximum atomic E-state index is 12.6. The molecule has 0 atom stereocenters. The van der Waals surface area contributed by atoms with Gasteiger partial charge in [0.05, 0.1) is 13.3 Å². The summed E-state index contributed by atoms with van der Waals surface area (Å²) in [5.41, 5.74) is 5.42. The highest BCUT2D eigenvalue weighted by atomic mass is 79.9. The van der Waals surface area contributed by atoms with Crippen LogP contribution in [-0.4, -0.2) is 43.1 Å². The highest BCUT2D eigenvalue weighted by Crippen LogP contribution is 2.28. The lowest BCUT2D eigenvalue weighted by Crippen LogP contribution is -2.35. The first-order valence-corrected chi connectivity index (χ1v) is 12.6. The molecule has 0 saturated carbocycles. The van der Waals surface area contributed by atoms with Gasteiger partial charge in [0.25, 0.3) is 11.8 Å². The zero-order valence-corrected chi connectivity index (χ0v) is 21.7. The Bertz CT molecular complexity index is 1240. The van der Waals surface area contributed by atoms with Crippen molar-refractivity contribution < 1.29 is 19.1 Å². The topological polar surface area (TPSA) is 80.2 Å². The third kappa shape index (κ3) is 6.73. The summed E-state index contributed by atoms with van der Waals surface area (Å²) < 4.78 is 12.3. The second-order valence-electron chi connectivity index (χ2n) is 8.46. The van der Waals surface area contributed by atoms with Gasteiger partial charge in [0, 0.05) is 28.7 Å². The third-order valence-electron chi connectivity index (χ3n) is 5.89. The normalized spacial score (nSPS) is 13.4. The first-order valence-electron chi connectivity index (χ1n) is 11.8. The van der Waals surface area contributed by atoms with Crippen LogP contribution in [0.4, 0.5) is 0 Å². The van der Waals surface area contributed by atoms with Crippen molar-refractivity contribution in [1.82, 2.24) is 10.3 Å². The smallest absolute Gasteiger partial charge is 0.271 e. The predicted octanol–water partition coefficient (Wildman–Crippen LogP) is 5.43. The lowest BCUT2D eigenvalue weighted by molar-refractivity contribution is 0.0724. The van der Waals surface area contributed by atoms with E-state index >= 15 is 0 Å². The minimum atomic E-state index is -0.303. The van der Waals surface area contributed by atoms with E-state index in [1.807, 2.05) is 41.3 Å². The van der Waals surface area contributed by atoms with E-state index in [0.717, 1.165) is 41.5 Å². The van der Waals surface area contributed by atoms with Crippen molar-refractivity contribution in [2.45, 2.75) is 25.9 Å². The molecule has 36 heavy (non-hydrogen) atoms. The number of benzene rings is 3. The van der Waals surface area contributed by atoms with Crippen LogP contribution in [0.25, 0.3) is 0 Å². The lowest BCUT2D eigenvalue weighted by Gasteiger charge is -2.26. The number of carbonyl (C=O) groups is 2. The van der Waals surface area contributed by atoms with Gasteiger partial charge in [0.1, 0.15) is 6.61 Å². The van der Waals surface area contributed by atoms with Crippen LogP contribution in [-0.2, 0) is 6.61 Å². The van der Waals surface area contributed by atoms with Gasteiger partial charge < -0.3 is 14.4 Å². The zero-order valence-electron chi connectivity index (χ0n) is 20.1. The van der Waals surface area contributed by atoms with E-state index in [1.165, 1.54) is 6.42 Å². The molecule has 1 N–H and O–H groups in total. The number of likely N-dealkylation sites (tertiary alicyclic amines) is 1. The van der Waals surface area contributed by atoms with Gasteiger partial charge in [-0.3, -0.25) is 9.59 Å². The Kier molecular flexibility index (Phi) is 8.73. The van der Waals surface area contributed by atoms with E-state index in [-0.39, 0.29) is 11.8 Å². The largest absolute Gasteiger partial charge is 0.493 e. The quantitative estimate of drug-likeness (QED) is 0.300. The Balaban J connectivity index is 1.33. The number of piperidine rings is 1. The van der Waals surface area contributed by atoms with Gasteiger partial charge in [-0.1, -0.05) is 34.1 Å². The fourth-order valence-electron chi connectivity index (χ4n) is 3.93. The Hall–Kier alpha value is -3.65. The monoisotopic (exact) mass is 549 g/mol. The van der Waals surface area contributed by atoms with Crippen LogP contribution in [0.2, 0.25) is 0 Å². The summed E-state index contributed by atoms with van der Waals surface area (Å²) in [4.78, 5) is 26.8. The fourth-order valence-corrected chi connectivity index (χ4v) is 4.33. The Morgan fingerprint density at radius 2 is 1.75 bits per heavy atom. The molecule has 8 heteroatoms. The van der Waals surface area contributed by atoms with Crippen molar-refractivity contribution in [3.63, 3.8) is 0 Å². The molecule has 7 nitrogen and oxygen atoms in total. The van der Waals surface area contributed by atoms with Crippen LogP contribution in [0.3, 0.4) is 0 Å². The number of methoxy groups -OCH3 is 1. The van der Waals surface area contributed by atoms with Crippen molar-refractivity contribution in [3.05, 3.63) is 93.5 Å². The highest BCUT2D eigenvalue weighted by molar-refractivity contribution is 9.10. The Morgan fingerprint density at radius 1 is 0.972 bits per heavy atom. The van der Waals surface area contributed by atoms with Crippen LogP contribution < -0.4 is 14.9 Å². The molecule has 0 aliphatic carbocycles. The summed E-state index contributed by atoms with van der Waals surface area (Å²) in [5.74, 6) is 0.924. The average Bonchev–Trinajstić information content (AvgIpc) is 2.92. The molecule has 1 heterocycles. The van der Waals surface area contributed by atoms with Crippen LogP contribution in [0.5, 0.6) is 11.5 Å². The van der Waals surface area contributed by atoms with Crippen LogP contribution in [0.15, 0.2) is 76.3 Å². The van der Waals surface area contributed by atoms with Crippen molar-refractivity contribution in [3.8, 4) is 11.5 Å². The number of hydrogen-bond acceptors (Lipinski definition) is 5. The summed E-state index contributed by atoms with van der Waals surface area (Å²) in [7, 11) is 1.57.